The zero-order valence-corrected chi connectivity index (χ0v) is 15.3. The number of allylic oxidation sites excluding steroid dienone is 2. The van der Waals surface area contributed by atoms with Crippen LogP contribution in [0.25, 0.3) is 0 Å². The molecule has 1 heterocycles. The molecule has 1 aromatic rings. The van der Waals surface area contributed by atoms with Crippen LogP contribution in [0.5, 0.6) is 0 Å². The van der Waals surface area contributed by atoms with Gasteiger partial charge in [0.15, 0.2) is 0 Å². The molecule has 0 fully saturated rings. The van der Waals surface area contributed by atoms with Gasteiger partial charge in [0.25, 0.3) is 0 Å². The van der Waals surface area contributed by atoms with E-state index in [0.717, 1.165) is 0 Å². The Labute approximate surface area is 132 Å². The van der Waals surface area contributed by atoms with Crippen molar-refractivity contribution >= 4 is 8.80 Å². The van der Waals surface area contributed by atoms with Gasteiger partial charge in [-0.1, -0.05) is 56.3 Å². The maximum Gasteiger partial charge on any atom is 0.0814 e. The van der Waals surface area contributed by atoms with Crippen LogP contribution in [-0.2, 0) is 0 Å². The lowest BCUT2D eigenvalue weighted by Gasteiger charge is -2.34. The van der Waals surface area contributed by atoms with Crippen LogP contribution in [0.4, 0.5) is 0 Å². The fourth-order valence-corrected chi connectivity index (χ4v) is 4.48. The summed E-state index contributed by atoms with van der Waals surface area (Å²) in [5, 5.41) is 1.60. The molecule has 0 aliphatic carbocycles. The van der Waals surface area contributed by atoms with Crippen LogP contribution in [0, 0.1) is 13.8 Å². The van der Waals surface area contributed by atoms with Crippen molar-refractivity contribution in [2.75, 3.05) is 7.05 Å². The van der Waals surface area contributed by atoms with Gasteiger partial charge < -0.3 is 4.90 Å². The molecule has 113 valence electrons. The second-order valence-corrected chi connectivity index (χ2v) is 8.99. The molecule has 0 saturated heterocycles. The van der Waals surface area contributed by atoms with Gasteiger partial charge in [-0.25, -0.2) is 0 Å². The van der Waals surface area contributed by atoms with Crippen LogP contribution >= 0.6 is 0 Å². The number of hydrogen-bond donors (Lipinski definition) is 0. The van der Waals surface area contributed by atoms with Crippen molar-refractivity contribution in [1.82, 2.24) is 4.90 Å². The molecule has 2 rings (SSSR count). The Kier molecular flexibility index (Phi) is 5.10. The highest BCUT2D eigenvalue weighted by atomic mass is 28.3. The maximum atomic E-state index is 2.51. The molecule has 2 heteroatoms. The van der Waals surface area contributed by atoms with Gasteiger partial charge in [0.05, 0.1) is 14.8 Å². The van der Waals surface area contributed by atoms with Gasteiger partial charge in [0, 0.05) is 7.05 Å². The maximum absolute atomic E-state index is 2.51. The molecule has 1 radical (unpaired) electrons. The number of benzene rings is 1. The van der Waals surface area contributed by atoms with E-state index in [1.54, 1.807) is 10.8 Å². The second-order valence-electron chi connectivity index (χ2n) is 6.46. The van der Waals surface area contributed by atoms with E-state index in [0.29, 0.717) is 6.04 Å². The van der Waals surface area contributed by atoms with Gasteiger partial charge in [0.2, 0.25) is 0 Å². The molecule has 0 saturated carbocycles. The van der Waals surface area contributed by atoms with Gasteiger partial charge >= 0.3 is 0 Å². The Bertz CT molecular complexity index is 569. The van der Waals surface area contributed by atoms with Crippen LogP contribution in [0.2, 0.25) is 13.1 Å². The third-order valence-electron chi connectivity index (χ3n) is 4.28. The summed E-state index contributed by atoms with van der Waals surface area (Å²) < 4.78 is 0. The fraction of sp³-hybridized carbons (Fsp3) is 0.474. The monoisotopic (exact) mass is 298 g/mol. The van der Waals surface area contributed by atoms with Crippen molar-refractivity contribution in [3.63, 3.8) is 0 Å². The van der Waals surface area contributed by atoms with E-state index in [1.807, 2.05) is 0 Å². The van der Waals surface area contributed by atoms with E-state index < -0.39 is 8.80 Å². The van der Waals surface area contributed by atoms with Crippen LogP contribution in [0.3, 0.4) is 0 Å². The number of aryl methyl sites for hydroxylation is 2. The van der Waals surface area contributed by atoms with E-state index in [4.69, 9.17) is 0 Å². The number of likely N-dealkylation sites (N-methyl/N-ethyl adjacent to an activating group) is 1. The van der Waals surface area contributed by atoms with Crippen molar-refractivity contribution in [2.45, 2.75) is 52.7 Å². The molecule has 1 aromatic carbocycles. The zero-order chi connectivity index (χ0) is 15.6. The molecule has 1 aliphatic heterocycles. The summed E-state index contributed by atoms with van der Waals surface area (Å²) in [4.78, 5) is 2.39. The second kappa shape index (κ2) is 6.65. The molecular formula is C19H28NSi. The minimum absolute atomic E-state index is 0.386. The summed E-state index contributed by atoms with van der Waals surface area (Å²) >= 11 is 0. The zero-order valence-electron chi connectivity index (χ0n) is 14.3. The first-order valence-corrected chi connectivity index (χ1v) is 10.5. The summed E-state index contributed by atoms with van der Waals surface area (Å²) in [6.45, 7) is 11.5. The Hall–Kier alpha value is -1.28. The predicted octanol–water partition coefficient (Wildman–Crippen LogP) is 5.19. The lowest BCUT2D eigenvalue weighted by atomic mass is 9.94. The molecule has 1 atom stereocenters. The summed E-state index contributed by atoms with van der Waals surface area (Å²) in [7, 11) is 1.81. The normalized spacial score (nSPS) is 18.8. The fourth-order valence-electron chi connectivity index (χ4n) is 3.17. The van der Waals surface area contributed by atoms with Crippen LogP contribution in [-0.4, -0.2) is 20.7 Å². The Morgan fingerprint density at radius 3 is 2.48 bits per heavy atom. The van der Waals surface area contributed by atoms with Gasteiger partial charge in [-0.2, -0.15) is 0 Å². The molecular weight excluding hydrogens is 270 g/mol. The van der Waals surface area contributed by atoms with Gasteiger partial charge in [-0.3, -0.25) is 0 Å². The Morgan fingerprint density at radius 1 is 1.19 bits per heavy atom. The highest BCUT2D eigenvalue weighted by molar-refractivity contribution is 6.65. The van der Waals surface area contributed by atoms with E-state index in [2.05, 4.69) is 76.3 Å². The van der Waals surface area contributed by atoms with Crippen LogP contribution < -0.4 is 0 Å². The van der Waals surface area contributed by atoms with E-state index in [9.17, 15) is 0 Å². The van der Waals surface area contributed by atoms with E-state index in [1.165, 1.54) is 29.5 Å². The summed E-state index contributed by atoms with van der Waals surface area (Å²) in [5.41, 5.74) is 5.76. The molecule has 21 heavy (non-hydrogen) atoms. The summed E-state index contributed by atoms with van der Waals surface area (Å²) in [6.07, 6.45) is 7.34. The van der Waals surface area contributed by atoms with Crippen molar-refractivity contribution in [3.8, 4) is 0 Å². The standard InChI is InChI=1S/C19H28NSi/c1-7-8-16-12-18(20(4)13-19(16)21(5)6)17-10-9-14(2)11-15(17)3/h9-13,18H,7-8H2,1-6H3. The largest absolute Gasteiger partial charge is 0.370 e. The van der Waals surface area contributed by atoms with Gasteiger partial charge in [-0.15, -0.1) is 0 Å². The van der Waals surface area contributed by atoms with Crippen molar-refractivity contribution < 1.29 is 0 Å². The van der Waals surface area contributed by atoms with Crippen LogP contribution in [0.15, 0.2) is 41.2 Å². The smallest absolute Gasteiger partial charge is 0.0814 e. The van der Waals surface area contributed by atoms with Crippen molar-refractivity contribution in [2.24, 2.45) is 0 Å². The predicted molar refractivity (Wildman–Crippen MR) is 95.0 cm³/mol. The highest BCUT2D eigenvalue weighted by Crippen LogP contribution is 2.34. The first-order chi connectivity index (χ1) is 9.93. The van der Waals surface area contributed by atoms with Crippen LogP contribution in [0.1, 0.15) is 42.5 Å². The molecule has 1 aliphatic rings. The number of hydrogen-bond acceptors (Lipinski definition) is 1. The van der Waals surface area contributed by atoms with Crippen molar-refractivity contribution in [3.05, 3.63) is 57.9 Å². The number of rotatable bonds is 4. The molecule has 0 N–H and O–H groups in total. The first-order valence-electron chi connectivity index (χ1n) is 7.96. The molecule has 0 amide bonds. The lowest BCUT2D eigenvalue weighted by Crippen LogP contribution is -2.26. The van der Waals surface area contributed by atoms with E-state index >= 15 is 0 Å². The third kappa shape index (κ3) is 3.49. The minimum Gasteiger partial charge on any atom is -0.370 e. The molecule has 1 nitrogen and oxygen atoms in total. The molecule has 0 aromatic heterocycles. The first kappa shape index (κ1) is 16.1. The average Bonchev–Trinajstić information content (AvgIpc) is 2.41. The number of nitrogens with zero attached hydrogens (tertiary/aromatic N) is 1. The van der Waals surface area contributed by atoms with E-state index in [-0.39, 0.29) is 0 Å². The minimum atomic E-state index is -0.408. The Balaban J connectivity index is 2.41. The SMILES string of the molecule is CCCC1=CC(c2ccc(C)cc2C)N(C)C=C1[Si](C)C. The Morgan fingerprint density at radius 2 is 1.90 bits per heavy atom. The average molecular weight is 299 g/mol. The summed E-state index contributed by atoms with van der Waals surface area (Å²) in [5.74, 6) is 0. The molecule has 1 unspecified atom stereocenters. The van der Waals surface area contributed by atoms with Crippen molar-refractivity contribution in [1.29, 1.82) is 0 Å². The quantitative estimate of drug-likeness (QED) is 0.691. The molecule has 0 bridgehead atoms. The summed E-state index contributed by atoms with van der Waals surface area (Å²) in [6, 6.07) is 7.22. The highest BCUT2D eigenvalue weighted by Gasteiger charge is 2.23. The van der Waals surface area contributed by atoms with Gasteiger partial charge in [-0.05, 0) is 48.4 Å². The third-order valence-corrected chi connectivity index (χ3v) is 5.81. The topological polar surface area (TPSA) is 3.24 Å². The lowest BCUT2D eigenvalue weighted by molar-refractivity contribution is 0.383. The molecule has 0 spiro atoms. The van der Waals surface area contributed by atoms with Gasteiger partial charge in [0.1, 0.15) is 0 Å².